The molecule has 3 atom stereocenters. The number of benzene rings is 1. The van der Waals surface area contributed by atoms with E-state index >= 15 is 0 Å². The molecule has 0 spiro atoms. The summed E-state index contributed by atoms with van der Waals surface area (Å²) in [6.45, 7) is 6.06. The number of ether oxygens (including phenoxy) is 3. The fourth-order valence-electron chi connectivity index (χ4n) is 3.69. The number of nitrogens with zero attached hydrogens (tertiary/aromatic N) is 1. The monoisotopic (exact) mass is 441 g/mol. The summed E-state index contributed by atoms with van der Waals surface area (Å²) in [7, 11) is 0. The molecule has 0 radical (unpaired) electrons. The van der Waals surface area contributed by atoms with Gasteiger partial charge in [0.15, 0.2) is 6.10 Å². The number of aryl methyl sites for hydroxylation is 2. The molecule has 0 bridgehead atoms. The number of aromatic nitrogens is 1. The van der Waals surface area contributed by atoms with Gasteiger partial charge in [0.05, 0.1) is 25.4 Å². The molecule has 1 N–H and O–H groups in total. The van der Waals surface area contributed by atoms with Crippen LogP contribution in [0, 0.1) is 25.7 Å². The second-order valence-corrected chi connectivity index (χ2v) is 8.01. The molecule has 32 heavy (non-hydrogen) atoms. The first-order chi connectivity index (χ1) is 15.5. The Morgan fingerprint density at radius 3 is 2.78 bits per heavy atom. The van der Waals surface area contributed by atoms with Crippen LogP contribution in [0.3, 0.4) is 0 Å². The first kappa shape index (κ1) is 24.0. The number of aliphatic carboxylic acids is 1. The standard InChI is InChI=1S/C25H31NO6/c1-4-5-12-29-23(25(27)28)16-31-21-11-7-10-20(14-21)30-15-22-18(3)32-24(26-22)19-9-6-8-17(2)13-19/h6,8-9,13,20-21,23H,7,10-12,14-16H2,1-3H3,(H,27,28). The fourth-order valence-corrected chi connectivity index (χ4v) is 3.69. The number of oxazole rings is 1. The lowest BCUT2D eigenvalue weighted by Crippen LogP contribution is -2.34. The Bertz CT molecular complexity index is 957. The van der Waals surface area contributed by atoms with E-state index in [1.54, 1.807) is 6.92 Å². The molecule has 0 amide bonds. The lowest BCUT2D eigenvalue weighted by molar-refractivity contribution is -0.156. The van der Waals surface area contributed by atoms with Crippen molar-refractivity contribution in [1.29, 1.82) is 0 Å². The Hall–Kier alpha value is -2.66. The van der Waals surface area contributed by atoms with E-state index in [4.69, 9.17) is 18.6 Å². The topological polar surface area (TPSA) is 91.0 Å². The molecule has 172 valence electrons. The Balaban J connectivity index is 1.50. The molecule has 1 aliphatic rings. The minimum atomic E-state index is -1.04. The van der Waals surface area contributed by atoms with Crippen molar-refractivity contribution in [3.05, 3.63) is 41.3 Å². The van der Waals surface area contributed by atoms with Crippen molar-refractivity contribution in [2.24, 2.45) is 0 Å². The van der Waals surface area contributed by atoms with Crippen LogP contribution in [0.25, 0.3) is 11.5 Å². The van der Waals surface area contributed by atoms with Gasteiger partial charge in [-0.15, -0.1) is 5.92 Å². The maximum Gasteiger partial charge on any atom is 0.335 e. The summed E-state index contributed by atoms with van der Waals surface area (Å²) >= 11 is 0. The van der Waals surface area contributed by atoms with Gasteiger partial charge >= 0.3 is 5.97 Å². The van der Waals surface area contributed by atoms with Crippen LogP contribution < -0.4 is 0 Å². The fraction of sp³-hybridized carbons (Fsp3) is 0.520. The van der Waals surface area contributed by atoms with E-state index in [-0.39, 0.29) is 25.4 Å². The van der Waals surface area contributed by atoms with Crippen molar-refractivity contribution < 1.29 is 28.5 Å². The number of carboxylic acid groups (broad SMARTS) is 1. The third-order valence-electron chi connectivity index (χ3n) is 5.48. The molecule has 3 unspecified atom stereocenters. The van der Waals surface area contributed by atoms with Gasteiger partial charge in [-0.1, -0.05) is 23.6 Å². The zero-order valence-corrected chi connectivity index (χ0v) is 18.9. The zero-order chi connectivity index (χ0) is 22.9. The van der Waals surface area contributed by atoms with Crippen molar-refractivity contribution in [3.63, 3.8) is 0 Å². The highest BCUT2D eigenvalue weighted by molar-refractivity contribution is 5.72. The van der Waals surface area contributed by atoms with Crippen molar-refractivity contribution >= 4 is 5.97 Å². The van der Waals surface area contributed by atoms with Crippen molar-refractivity contribution in [2.45, 2.75) is 71.4 Å². The van der Waals surface area contributed by atoms with Crippen LogP contribution in [0.2, 0.25) is 0 Å². The van der Waals surface area contributed by atoms with Gasteiger partial charge in [0.1, 0.15) is 18.1 Å². The van der Waals surface area contributed by atoms with Crippen molar-refractivity contribution in [2.75, 3.05) is 13.2 Å². The largest absolute Gasteiger partial charge is 0.479 e. The third-order valence-corrected chi connectivity index (χ3v) is 5.48. The summed E-state index contributed by atoms with van der Waals surface area (Å²) < 4.78 is 23.1. The predicted octanol–water partition coefficient (Wildman–Crippen LogP) is 4.30. The van der Waals surface area contributed by atoms with E-state index in [2.05, 4.69) is 16.8 Å². The summed E-state index contributed by atoms with van der Waals surface area (Å²) in [5.74, 6) is 5.69. The normalized spacial score (nSPS) is 19.2. The van der Waals surface area contributed by atoms with Crippen LogP contribution >= 0.6 is 0 Å². The van der Waals surface area contributed by atoms with Crippen molar-refractivity contribution in [3.8, 4) is 23.3 Å². The summed E-state index contributed by atoms with van der Waals surface area (Å²) in [6.07, 6.45) is 2.44. The highest BCUT2D eigenvalue weighted by Crippen LogP contribution is 2.27. The average Bonchev–Trinajstić information content (AvgIpc) is 3.15. The first-order valence-electron chi connectivity index (χ1n) is 11.0. The SMILES string of the molecule is CC#CCOC(COC1CCCC(OCc2nc(-c3cccc(C)c3)oc2C)C1)C(=O)O. The highest BCUT2D eigenvalue weighted by Gasteiger charge is 2.26. The Morgan fingerprint density at radius 1 is 1.28 bits per heavy atom. The van der Waals surface area contributed by atoms with Gasteiger partial charge < -0.3 is 23.7 Å². The Kier molecular flexibility index (Phi) is 8.86. The van der Waals surface area contributed by atoms with Crippen LogP contribution in [0.15, 0.2) is 28.7 Å². The molecule has 3 rings (SSSR count). The molecular weight excluding hydrogens is 410 g/mol. The molecule has 1 aromatic heterocycles. The van der Waals surface area contributed by atoms with E-state index in [0.717, 1.165) is 41.8 Å². The minimum absolute atomic E-state index is 0.000358. The molecule has 1 fully saturated rings. The van der Waals surface area contributed by atoms with Crippen LogP contribution in [0.5, 0.6) is 0 Å². The van der Waals surface area contributed by atoms with Gasteiger partial charge in [-0.25, -0.2) is 9.78 Å². The molecule has 1 aliphatic carbocycles. The molecule has 7 nitrogen and oxygen atoms in total. The highest BCUT2D eigenvalue weighted by atomic mass is 16.6. The van der Waals surface area contributed by atoms with E-state index < -0.39 is 12.1 Å². The number of carbonyl (C=O) groups is 1. The summed E-state index contributed by atoms with van der Waals surface area (Å²) in [6, 6.07) is 8.05. The number of hydrogen-bond acceptors (Lipinski definition) is 6. The summed E-state index contributed by atoms with van der Waals surface area (Å²) in [5, 5.41) is 9.30. The van der Waals surface area contributed by atoms with E-state index in [1.807, 2.05) is 38.1 Å². The van der Waals surface area contributed by atoms with E-state index in [0.29, 0.717) is 18.9 Å². The van der Waals surface area contributed by atoms with Gasteiger partial charge in [-0.3, -0.25) is 0 Å². The predicted molar refractivity (Wildman–Crippen MR) is 119 cm³/mol. The lowest BCUT2D eigenvalue weighted by Gasteiger charge is -2.29. The van der Waals surface area contributed by atoms with Crippen LogP contribution in [-0.4, -0.2) is 47.6 Å². The minimum Gasteiger partial charge on any atom is -0.479 e. The molecule has 0 saturated heterocycles. The second-order valence-electron chi connectivity index (χ2n) is 8.01. The Labute approximate surface area is 189 Å². The van der Waals surface area contributed by atoms with Crippen LogP contribution in [-0.2, 0) is 25.6 Å². The maximum absolute atomic E-state index is 11.4. The van der Waals surface area contributed by atoms with Gasteiger partial charge in [0.25, 0.3) is 0 Å². The number of rotatable bonds is 10. The molecule has 2 aromatic rings. The van der Waals surface area contributed by atoms with E-state index in [9.17, 15) is 9.90 Å². The van der Waals surface area contributed by atoms with E-state index in [1.165, 1.54) is 0 Å². The lowest BCUT2D eigenvalue weighted by atomic mass is 9.95. The maximum atomic E-state index is 11.4. The molecule has 1 aromatic carbocycles. The van der Waals surface area contributed by atoms with Gasteiger partial charge in [0, 0.05) is 5.56 Å². The van der Waals surface area contributed by atoms with Gasteiger partial charge in [0.2, 0.25) is 5.89 Å². The molecule has 7 heteroatoms. The zero-order valence-electron chi connectivity index (χ0n) is 18.9. The summed E-state index contributed by atoms with van der Waals surface area (Å²) in [4.78, 5) is 16.0. The Morgan fingerprint density at radius 2 is 2.06 bits per heavy atom. The smallest absolute Gasteiger partial charge is 0.335 e. The molecule has 1 saturated carbocycles. The average molecular weight is 442 g/mol. The molecular formula is C25H31NO6. The quantitative estimate of drug-likeness (QED) is 0.550. The molecule has 0 aliphatic heterocycles. The number of carboxylic acids is 1. The van der Waals surface area contributed by atoms with Gasteiger partial charge in [-0.05, 0) is 58.6 Å². The second kappa shape index (κ2) is 11.8. The van der Waals surface area contributed by atoms with Crippen LogP contribution in [0.1, 0.15) is 49.6 Å². The summed E-state index contributed by atoms with van der Waals surface area (Å²) in [5.41, 5.74) is 2.89. The van der Waals surface area contributed by atoms with Crippen LogP contribution in [0.4, 0.5) is 0 Å². The van der Waals surface area contributed by atoms with Gasteiger partial charge in [-0.2, -0.15) is 0 Å². The molecule has 1 heterocycles. The first-order valence-corrected chi connectivity index (χ1v) is 11.0. The van der Waals surface area contributed by atoms with Crippen molar-refractivity contribution in [1.82, 2.24) is 4.98 Å². The third kappa shape index (κ3) is 6.92. The number of hydrogen-bond donors (Lipinski definition) is 1.